The van der Waals surface area contributed by atoms with Gasteiger partial charge in [0.1, 0.15) is 0 Å². The Kier molecular flexibility index (Phi) is 3.79. The standard InChI is InChI=1S/C17H23NO3/c1-21-15-5-4-13(12-14(15)19)16(20)18-10-8-17(9-11-18)6-2-3-7-17/h4-5,12,19H,2-3,6-11H2,1H3. The minimum Gasteiger partial charge on any atom is -0.504 e. The van der Waals surface area contributed by atoms with Gasteiger partial charge in [-0.2, -0.15) is 0 Å². The van der Waals surface area contributed by atoms with Gasteiger partial charge in [0.15, 0.2) is 11.5 Å². The van der Waals surface area contributed by atoms with Gasteiger partial charge in [-0.05, 0) is 49.3 Å². The van der Waals surface area contributed by atoms with Gasteiger partial charge in [0, 0.05) is 18.7 Å². The molecule has 0 radical (unpaired) electrons. The highest BCUT2D eigenvalue weighted by Gasteiger charge is 2.38. The first-order valence-corrected chi connectivity index (χ1v) is 7.80. The number of carbonyl (C=O) groups excluding carboxylic acids is 1. The molecular formula is C17H23NO3. The summed E-state index contributed by atoms with van der Waals surface area (Å²) in [5, 5.41) is 9.81. The van der Waals surface area contributed by atoms with Gasteiger partial charge in [0.2, 0.25) is 0 Å². The van der Waals surface area contributed by atoms with Crippen LogP contribution in [0.25, 0.3) is 0 Å². The van der Waals surface area contributed by atoms with Crippen LogP contribution in [0.5, 0.6) is 11.5 Å². The van der Waals surface area contributed by atoms with Gasteiger partial charge >= 0.3 is 0 Å². The summed E-state index contributed by atoms with van der Waals surface area (Å²) in [6, 6.07) is 4.87. The number of hydrogen-bond acceptors (Lipinski definition) is 3. The number of carbonyl (C=O) groups is 1. The number of aromatic hydroxyl groups is 1. The molecule has 3 rings (SSSR count). The minimum absolute atomic E-state index is 0.0146. The van der Waals surface area contributed by atoms with Crippen LogP contribution in [0, 0.1) is 5.41 Å². The molecule has 0 unspecified atom stereocenters. The summed E-state index contributed by atoms with van der Waals surface area (Å²) in [4.78, 5) is 14.5. The molecule has 1 heterocycles. The molecule has 1 aliphatic heterocycles. The lowest BCUT2D eigenvalue weighted by molar-refractivity contribution is 0.0587. The number of nitrogens with zero attached hydrogens (tertiary/aromatic N) is 1. The molecule has 1 spiro atoms. The lowest BCUT2D eigenvalue weighted by Crippen LogP contribution is -2.42. The van der Waals surface area contributed by atoms with E-state index in [1.54, 1.807) is 12.1 Å². The zero-order valence-electron chi connectivity index (χ0n) is 12.6. The van der Waals surface area contributed by atoms with Crippen molar-refractivity contribution in [2.24, 2.45) is 5.41 Å². The van der Waals surface area contributed by atoms with Crippen molar-refractivity contribution in [3.05, 3.63) is 23.8 Å². The Morgan fingerprint density at radius 2 is 1.86 bits per heavy atom. The molecule has 1 aromatic carbocycles. The van der Waals surface area contributed by atoms with E-state index in [0.29, 0.717) is 16.7 Å². The minimum atomic E-state index is 0.0146. The fraction of sp³-hybridized carbons (Fsp3) is 0.588. The van der Waals surface area contributed by atoms with Crippen LogP contribution in [0.1, 0.15) is 48.9 Å². The molecule has 2 fully saturated rings. The van der Waals surface area contributed by atoms with Gasteiger partial charge in [-0.15, -0.1) is 0 Å². The number of methoxy groups -OCH3 is 1. The van der Waals surface area contributed by atoms with Crippen LogP contribution in [0.3, 0.4) is 0 Å². The van der Waals surface area contributed by atoms with Gasteiger partial charge in [-0.3, -0.25) is 4.79 Å². The molecule has 21 heavy (non-hydrogen) atoms. The van der Waals surface area contributed by atoms with Crippen LogP contribution >= 0.6 is 0 Å². The van der Waals surface area contributed by atoms with Crippen molar-refractivity contribution < 1.29 is 14.6 Å². The third-order valence-electron chi connectivity index (χ3n) is 5.20. The van der Waals surface area contributed by atoms with Gasteiger partial charge in [0.05, 0.1) is 7.11 Å². The number of benzene rings is 1. The van der Waals surface area contributed by atoms with Crippen LogP contribution in [0.2, 0.25) is 0 Å². The van der Waals surface area contributed by atoms with Crippen LogP contribution in [-0.2, 0) is 0 Å². The fourth-order valence-electron chi connectivity index (χ4n) is 3.81. The summed E-state index contributed by atoms with van der Waals surface area (Å²) in [5.74, 6) is 0.434. The second-order valence-electron chi connectivity index (χ2n) is 6.39. The normalized spacial score (nSPS) is 20.7. The molecule has 2 aliphatic rings. The number of phenolic OH excluding ortho intramolecular Hbond substituents is 1. The number of ether oxygens (including phenoxy) is 1. The zero-order valence-corrected chi connectivity index (χ0v) is 12.6. The van der Waals surface area contributed by atoms with Gasteiger partial charge in [-0.25, -0.2) is 0 Å². The maximum Gasteiger partial charge on any atom is 0.253 e. The van der Waals surface area contributed by atoms with E-state index < -0.39 is 0 Å². The van der Waals surface area contributed by atoms with Crippen molar-refractivity contribution >= 4 is 5.91 Å². The van der Waals surface area contributed by atoms with Crippen molar-refractivity contribution in [3.63, 3.8) is 0 Å². The molecule has 4 heteroatoms. The van der Waals surface area contributed by atoms with Crippen molar-refractivity contribution in [3.8, 4) is 11.5 Å². The van der Waals surface area contributed by atoms with Gasteiger partial charge in [-0.1, -0.05) is 12.8 Å². The number of hydrogen-bond donors (Lipinski definition) is 1. The Hall–Kier alpha value is -1.71. The lowest BCUT2D eigenvalue weighted by Gasteiger charge is -2.39. The monoisotopic (exact) mass is 289 g/mol. The Labute approximate surface area is 125 Å². The maximum atomic E-state index is 12.5. The number of amides is 1. The van der Waals surface area contributed by atoms with Crippen LogP contribution in [-0.4, -0.2) is 36.1 Å². The molecule has 1 N–H and O–H groups in total. The number of piperidine rings is 1. The Morgan fingerprint density at radius 3 is 2.43 bits per heavy atom. The topological polar surface area (TPSA) is 49.8 Å². The molecule has 0 atom stereocenters. The fourth-order valence-corrected chi connectivity index (χ4v) is 3.81. The first-order valence-electron chi connectivity index (χ1n) is 7.80. The van der Waals surface area contributed by atoms with Crippen LogP contribution in [0.15, 0.2) is 18.2 Å². The zero-order chi connectivity index (χ0) is 14.9. The molecule has 0 bridgehead atoms. The quantitative estimate of drug-likeness (QED) is 0.909. The van der Waals surface area contributed by atoms with E-state index in [1.807, 2.05) is 4.90 Å². The number of rotatable bonds is 2. The molecule has 1 saturated heterocycles. The highest BCUT2D eigenvalue weighted by Crippen LogP contribution is 2.46. The number of phenols is 1. The molecule has 4 nitrogen and oxygen atoms in total. The first-order chi connectivity index (χ1) is 10.1. The van der Waals surface area contributed by atoms with Gasteiger partial charge in [0.25, 0.3) is 5.91 Å². The summed E-state index contributed by atoms with van der Waals surface area (Å²) in [6.45, 7) is 1.68. The van der Waals surface area contributed by atoms with Crippen molar-refractivity contribution in [2.75, 3.05) is 20.2 Å². The van der Waals surface area contributed by atoms with Gasteiger partial charge < -0.3 is 14.7 Å². The first kappa shape index (κ1) is 14.2. The molecular weight excluding hydrogens is 266 g/mol. The average Bonchev–Trinajstić information content (AvgIpc) is 2.95. The second kappa shape index (κ2) is 5.58. The predicted octanol–water partition coefficient (Wildman–Crippen LogP) is 3.20. The third kappa shape index (κ3) is 2.71. The van der Waals surface area contributed by atoms with E-state index in [4.69, 9.17) is 4.74 Å². The molecule has 114 valence electrons. The summed E-state index contributed by atoms with van der Waals surface area (Å²) in [7, 11) is 1.50. The Bertz CT molecular complexity index is 525. The van der Waals surface area contributed by atoms with E-state index in [0.717, 1.165) is 25.9 Å². The molecule has 1 amide bonds. The van der Waals surface area contributed by atoms with E-state index in [-0.39, 0.29) is 11.7 Å². The predicted molar refractivity (Wildman–Crippen MR) is 80.7 cm³/mol. The highest BCUT2D eigenvalue weighted by atomic mass is 16.5. The van der Waals surface area contributed by atoms with E-state index in [2.05, 4.69) is 0 Å². The van der Waals surface area contributed by atoms with Crippen LogP contribution in [0.4, 0.5) is 0 Å². The van der Waals surface area contributed by atoms with E-state index in [1.165, 1.54) is 38.9 Å². The molecule has 1 aromatic rings. The number of likely N-dealkylation sites (tertiary alicyclic amines) is 1. The van der Waals surface area contributed by atoms with Crippen LogP contribution < -0.4 is 4.74 Å². The molecule has 0 aromatic heterocycles. The maximum absolute atomic E-state index is 12.5. The lowest BCUT2D eigenvalue weighted by atomic mass is 9.77. The summed E-state index contributed by atoms with van der Waals surface area (Å²) in [6.07, 6.45) is 7.61. The summed E-state index contributed by atoms with van der Waals surface area (Å²) >= 11 is 0. The van der Waals surface area contributed by atoms with Crippen molar-refractivity contribution in [1.29, 1.82) is 0 Å². The molecule has 1 aliphatic carbocycles. The SMILES string of the molecule is COc1ccc(C(=O)N2CCC3(CCCC3)CC2)cc1O. The second-order valence-corrected chi connectivity index (χ2v) is 6.39. The average molecular weight is 289 g/mol. The van der Waals surface area contributed by atoms with Crippen molar-refractivity contribution in [2.45, 2.75) is 38.5 Å². The smallest absolute Gasteiger partial charge is 0.253 e. The van der Waals surface area contributed by atoms with E-state index in [9.17, 15) is 9.90 Å². The molecule has 1 saturated carbocycles. The van der Waals surface area contributed by atoms with Crippen molar-refractivity contribution in [1.82, 2.24) is 4.90 Å². The largest absolute Gasteiger partial charge is 0.504 e. The Morgan fingerprint density at radius 1 is 1.19 bits per heavy atom. The van der Waals surface area contributed by atoms with E-state index >= 15 is 0 Å². The third-order valence-corrected chi connectivity index (χ3v) is 5.20. The highest BCUT2D eigenvalue weighted by molar-refractivity contribution is 5.95. The Balaban J connectivity index is 1.67. The summed E-state index contributed by atoms with van der Waals surface area (Å²) < 4.78 is 5.01. The summed E-state index contributed by atoms with van der Waals surface area (Å²) in [5.41, 5.74) is 1.05.